The SMILES string of the molecule is Cc1ncsc1C(=O)Nc1ccc(OCCN)cc1. The van der Waals surface area contributed by atoms with Crippen LogP contribution in [0.3, 0.4) is 0 Å². The third-order valence-electron chi connectivity index (χ3n) is 2.45. The number of hydrogen-bond acceptors (Lipinski definition) is 5. The Kier molecular flexibility index (Phi) is 4.48. The molecule has 0 aliphatic rings. The van der Waals surface area contributed by atoms with Gasteiger partial charge in [-0.05, 0) is 31.2 Å². The first-order valence-electron chi connectivity index (χ1n) is 5.85. The number of carbonyl (C=O) groups is 1. The minimum Gasteiger partial charge on any atom is -0.492 e. The van der Waals surface area contributed by atoms with E-state index in [1.54, 1.807) is 29.8 Å². The zero-order valence-corrected chi connectivity index (χ0v) is 11.4. The van der Waals surface area contributed by atoms with Gasteiger partial charge in [-0.1, -0.05) is 0 Å². The van der Waals surface area contributed by atoms with Crippen LogP contribution in [0.15, 0.2) is 29.8 Å². The van der Waals surface area contributed by atoms with Crippen molar-refractivity contribution in [1.29, 1.82) is 0 Å². The summed E-state index contributed by atoms with van der Waals surface area (Å²) in [4.78, 5) is 16.6. The standard InChI is InChI=1S/C13H15N3O2S/c1-9-12(19-8-15-9)13(17)16-10-2-4-11(5-3-10)18-7-6-14/h2-5,8H,6-7,14H2,1H3,(H,16,17). The van der Waals surface area contributed by atoms with Crippen molar-refractivity contribution >= 4 is 22.9 Å². The van der Waals surface area contributed by atoms with Crippen LogP contribution in [0.4, 0.5) is 5.69 Å². The molecule has 19 heavy (non-hydrogen) atoms. The number of aryl methyl sites for hydroxylation is 1. The molecule has 0 aliphatic heterocycles. The van der Waals surface area contributed by atoms with Crippen molar-refractivity contribution in [3.05, 3.63) is 40.3 Å². The summed E-state index contributed by atoms with van der Waals surface area (Å²) >= 11 is 1.33. The molecule has 0 saturated heterocycles. The monoisotopic (exact) mass is 277 g/mol. The van der Waals surface area contributed by atoms with E-state index in [-0.39, 0.29) is 5.91 Å². The predicted octanol–water partition coefficient (Wildman–Crippen LogP) is 2.04. The quantitative estimate of drug-likeness (QED) is 0.876. The summed E-state index contributed by atoms with van der Waals surface area (Å²) in [5.74, 6) is 0.591. The Morgan fingerprint density at radius 2 is 2.16 bits per heavy atom. The molecular formula is C13H15N3O2S. The fourth-order valence-corrected chi connectivity index (χ4v) is 2.22. The van der Waals surface area contributed by atoms with Crippen molar-refractivity contribution in [1.82, 2.24) is 4.98 Å². The number of rotatable bonds is 5. The highest BCUT2D eigenvalue weighted by molar-refractivity contribution is 7.12. The van der Waals surface area contributed by atoms with E-state index in [2.05, 4.69) is 10.3 Å². The van der Waals surface area contributed by atoms with Gasteiger partial charge in [0.15, 0.2) is 0 Å². The van der Waals surface area contributed by atoms with Gasteiger partial charge in [0.25, 0.3) is 5.91 Å². The molecule has 1 aromatic carbocycles. The summed E-state index contributed by atoms with van der Waals surface area (Å²) in [6.45, 7) is 2.77. The van der Waals surface area contributed by atoms with Gasteiger partial charge in [0, 0.05) is 12.2 Å². The maximum Gasteiger partial charge on any atom is 0.267 e. The van der Waals surface area contributed by atoms with Gasteiger partial charge in [0.05, 0.1) is 11.2 Å². The highest BCUT2D eigenvalue weighted by Crippen LogP contribution is 2.18. The van der Waals surface area contributed by atoms with E-state index in [0.717, 1.165) is 17.1 Å². The number of anilines is 1. The maximum absolute atomic E-state index is 12.0. The highest BCUT2D eigenvalue weighted by atomic mass is 32.1. The van der Waals surface area contributed by atoms with E-state index >= 15 is 0 Å². The highest BCUT2D eigenvalue weighted by Gasteiger charge is 2.11. The van der Waals surface area contributed by atoms with Gasteiger partial charge in [0.1, 0.15) is 17.2 Å². The molecule has 100 valence electrons. The number of hydrogen-bond donors (Lipinski definition) is 2. The molecule has 2 rings (SSSR count). The molecule has 2 aromatic rings. The smallest absolute Gasteiger partial charge is 0.267 e. The second-order valence-corrected chi connectivity index (χ2v) is 4.74. The van der Waals surface area contributed by atoms with Gasteiger partial charge >= 0.3 is 0 Å². The lowest BCUT2D eigenvalue weighted by Crippen LogP contribution is -2.12. The molecule has 3 N–H and O–H groups in total. The molecule has 0 radical (unpaired) electrons. The lowest BCUT2D eigenvalue weighted by Gasteiger charge is -2.07. The molecule has 0 aliphatic carbocycles. The largest absolute Gasteiger partial charge is 0.492 e. The van der Waals surface area contributed by atoms with Gasteiger partial charge in [-0.2, -0.15) is 0 Å². The first-order valence-corrected chi connectivity index (χ1v) is 6.73. The summed E-state index contributed by atoms with van der Waals surface area (Å²) in [5, 5.41) is 2.82. The van der Waals surface area contributed by atoms with Crippen molar-refractivity contribution in [2.24, 2.45) is 5.73 Å². The Hall–Kier alpha value is -1.92. The van der Waals surface area contributed by atoms with E-state index in [1.807, 2.05) is 6.92 Å². The lowest BCUT2D eigenvalue weighted by atomic mass is 10.3. The topological polar surface area (TPSA) is 77.2 Å². The Bertz CT molecular complexity index is 551. The Morgan fingerprint density at radius 1 is 1.42 bits per heavy atom. The number of amides is 1. The maximum atomic E-state index is 12.0. The average molecular weight is 277 g/mol. The van der Waals surface area contributed by atoms with Crippen molar-refractivity contribution in [2.45, 2.75) is 6.92 Å². The molecule has 1 aromatic heterocycles. The number of nitrogens with two attached hydrogens (primary N) is 1. The van der Waals surface area contributed by atoms with E-state index in [0.29, 0.717) is 18.0 Å². The van der Waals surface area contributed by atoms with Crippen LogP contribution in [0.5, 0.6) is 5.75 Å². The lowest BCUT2D eigenvalue weighted by molar-refractivity contribution is 0.103. The number of thiazole rings is 1. The zero-order valence-electron chi connectivity index (χ0n) is 10.6. The van der Waals surface area contributed by atoms with Crippen molar-refractivity contribution in [3.8, 4) is 5.75 Å². The number of benzene rings is 1. The van der Waals surface area contributed by atoms with Crippen LogP contribution in [0.25, 0.3) is 0 Å². The van der Waals surface area contributed by atoms with Gasteiger partial charge < -0.3 is 15.8 Å². The minimum atomic E-state index is -0.143. The second kappa shape index (κ2) is 6.31. The molecule has 0 atom stereocenters. The Morgan fingerprint density at radius 3 is 2.74 bits per heavy atom. The zero-order chi connectivity index (χ0) is 13.7. The molecule has 6 heteroatoms. The second-order valence-electron chi connectivity index (χ2n) is 3.88. The Labute approximate surface area is 115 Å². The summed E-state index contributed by atoms with van der Waals surface area (Å²) in [7, 11) is 0. The first kappa shape index (κ1) is 13.5. The van der Waals surface area contributed by atoms with Gasteiger partial charge in [-0.3, -0.25) is 4.79 Å². The van der Waals surface area contributed by atoms with Gasteiger partial charge in [-0.15, -0.1) is 11.3 Å². The molecule has 0 fully saturated rings. The fraction of sp³-hybridized carbons (Fsp3) is 0.231. The molecule has 5 nitrogen and oxygen atoms in total. The van der Waals surface area contributed by atoms with Crippen LogP contribution >= 0.6 is 11.3 Å². The Balaban J connectivity index is 2.00. The van der Waals surface area contributed by atoms with Crippen molar-refractivity contribution < 1.29 is 9.53 Å². The van der Waals surface area contributed by atoms with Crippen LogP contribution in [0.2, 0.25) is 0 Å². The van der Waals surface area contributed by atoms with Crippen molar-refractivity contribution in [3.63, 3.8) is 0 Å². The van der Waals surface area contributed by atoms with Crippen molar-refractivity contribution in [2.75, 3.05) is 18.5 Å². The van der Waals surface area contributed by atoms with Crippen LogP contribution in [0.1, 0.15) is 15.4 Å². The van der Waals surface area contributed by atoms with E-state index in [4.69, 9.17) is 10.5 Å². The van der Waals surface area contributed by atoms with Crippen LogP contribution in [-0.4, -0.2) is 24.0 Å². The number of nitrogens with zero attached hydrogens (tertiary/aromatic N) is 1. The molecule has 1 amide bonds. The molecule has 0 unspecified atom stereocenters. The minimum absolute atomic E-state index is 0.143. The normalized spacial score (nSPS) is 10.2. The summed E-state index contributed by atoms with van der Waals surface area (Å²) in [5.41, 5.74) is 8.48. The number of ether oxygens (including phenoxy) is 1. The first-order chi connectivity index (χ1) is 9.20. The molecule has 0 saturated carbocycles. The number of nitrogens with one attached hydrogen (secondary N) is 1. The number of carbonyl (C=O) groups excluding carboxylic acids is 1. The predicted molar refractivity (Wildman–Crippen MR) is 75.8 cm³/mol. The van der Waals surface area contributed by atoms with Crippen LogP contribution in [-0.2, 0) is 0 Å². The summed E-state index contributed by atoms with van der Waals surface area (Å²) in [6, 6.07) is 7.18. The summed E-state index contributed by atoms with van der Waals surface area (Å²) in [6.07, 6.45) is 0. The third-order valence-corrected chi connectivity index (χ3v) is 3.38. The van der Waals surface area contributed by atoms with Gasteiger partial charge in [-0.25, -0.2) is 4.98 Å². The van der Waals surface area contributed by atoms with E-state index in [9.17, 15) is 4.79 Å². The molecule has 0 bridgehead atoms. The molecule has 1 heterocycles. The third kappa shape index (κ3) is 3.52. The van der Waals surface area contributed by atoms with Crippen LogP contribution in [0, 0.1) is 6.92 Å². The van der Waals surface area contributed by atoms with E-state index < -0.39 is 0 Å². The van der Waals surface area contributed by atoms with Gasteiger partial charge in [0.2, 0.25) is 0 Å². The van der Waals surface area contributed by atoms with Crippen LogP contribution < -0.4 is 15.8 Å². The molecule has 0 spiro atoms. The summed E-state index contributed by atoms with van der Waals surface area (Å²) < 4.78 is 5.36. The fourth-order valence-electron chi connectivity index (χ4n) is 1.52. The van der Waals surface area contributed by atoms with E-state index in [1.165, 1.54) is 11.3 Å². The average Bonchev–Trinajstić information content (AvgIpc) is 2.84. The number of aromatic nitrogens is 1. The molecular weight excluding hydrogens is 262 g/mol.